The Morgan fingerprint density at radius 2 is 1.79 bits per heavy atom. The summed E-state index contributed by atoms with van der Waals surface area (Å²) < 4.78 is 5.89. The Kier molecular flexibility index (Phi) is 5.46. The lowest BCUT2D eigenvalue weighted by molar-refractivity contribution is 0.194. The van der Waals surface area contributed by atoms with Gasteiger partial charge in [-0.05, 0) is 31.0 Å². The monoisotopic (exact) mass is 341 g/mol. The summed E-state index contributed by atoms with van der Waals surface area (Å²) >= 11 is 1.84. The highest BCUT2D eigenvalue weighted by Crippen LogP contribution is 2.42. The van der Waals surface area contributed by atoms with Gasteiger partial charge < -0.3 is 9.57 Å². The van der Waals surface area contributed by atoms with Crippen LogP contribution in [0, 0.1) is 11.3 Å². The molecule has 0 bridgehead atoms. The number of hydrogen-bond acceptors (Lipinski definition) is 4. The fourth-order valence-corrected chi connectivity index (χ4v) is 4.20. The molecule has 0 N–H and O–H groups in total. The van der Waals surface area contributed by atoms with Gasteiger partial charge in [-0.25, -0.2) is 0 Å². The van der Waals surface area contributed by atoms with E-state index in [1.54, 1.807) is 7.11 Å². The van der Waals surface area contributed by atoms with Crippen molar-refractivity contribution in [2.45, 2.75) is 18.2 Å². The predicted octanol–water partition coefficient (Wildman–Crippen LogP) is 4.63. The highest BCUT2D eigenvalue weighted by atomic mass is 32.2. The Morgan fingerprint density at radius 1 is 1.12 bits per heavy atom. The van der Waals surface area contributed by atoms with Crippen molar-refractivity contribution in [1.29, 1.82) is 0 Å². The van der Waals surface area contributed by atoms with Gasteiger partial charge in [0.1, 0.15) is 7.11 Å². The molecule has 0 aliphatic carbocycles. The van der Waals surface area contributed by atoms with Gasteiger partial charge in [-0.1, -0.05) is 53.7 Å². The van der Waals surface area contributed by atoms with Crippen LogP contribution in [0.3, 0.4) is 0 Å². The maximum Gasteiger partial charge on any atom is 0.232 e. The highest BCUT2D eigenvalue weighted by Gasteiger charge is 2.47. The second kappa shape index (κ2) is 7.75. The van der Waals surface area contributed by atoms with E-state index in [0.29, 0.717) is 12.5 Å². The molecule has 1 fully saturated rings. The molecular weight excluding hydrogens is 318 g/mol. The Morgan fingerprint density at radius 3 is 2.46 bits per heavy atom. The Balaban J connectivity index is 1.78. The van der Waals surface area contributed by atoms with Crippen LogP contribution in [0.2, 0.25) is 0 Å². The van der Waals surface area contributed by atoms with Crippen molar-refractivity contribution in [2.24, 2.45) is 16.5 Å². The summed E-state index contributed by atoms with van der Waals surface area (Å²) in [5.41, 5.74) is 1.19. The van der Waals surface area contributed by atoms with E-state index in [4.69, 9.17) is 9.57 Å². The lowest BCUT2D eigenvalue weighted by Gasteiger charge is -2.28. The third kappa shape index (κ3) is 3.75. The third-order valence-corrected chi connectivity index (χ3v) is 5.94. The van der Waals surface area contributed by atoms with Crippen LogP contribution >= 0.6 is 11.8 Å². The molecule has 0 unspecified atom stereocenters. The second-order valence-electron chi connectivity index (χ2n) is 6.30. The lowest BCUT2D eigenvalue weighted by atomic mass is 9.77. The molecule has 1 saturated heterocycles. The third-order valence-electron chi connectivity index (χ3n) is 4.59. The molecule has 0 saturated carbocycles. The number of thioether (sulfide) groups is 1. The summed E-state index contributed by atoms with van der Waals surface area (Å²) in [5, 5.41) is 4.16. The Bertz CT molecular complexity index is 675. The van der Waals surface area contributed by atoms with E-state index in [0.717, 1.165) is 18.1 Å². The van der Waals surface area contributed by atoms with Crippen LogP contribution in [0.1, 0.15) is 12.5 Å². The fraction of sp³-hybridized carbons (Fsp3) is 0.350. The molecule has 1 heterocycles. The molecule has 0 spiro atoms. The minimum Gasteiger partial charge on any atom is -0.478 e. The maximum absolute atomic E-state index is 5.89. The van der Waals surface area contributed by atoms with E-state index in [2.05, 4.69) is 66.7 Å². The minimum absolute atomic E-state index is 0.146. The van der Waals surface area contributed by atoms with Crippen molar-refractivity contribution >= 4 is 17.7 Å². The number of rotatable bonds is 6. The van der Waals surface area contributed by atoms with Crippen molar-refractivity contribution in [3.8, 4) is 0 Å². The molecule has 2 aromatic carbocycles. The normalized spacial score (nSPS) is 24.8. The highest BCUT2D eigenvalue weighted by molar-refractivity contribution is 7.99. The van der Waals surface area contributed by atoms with Gasteiger partial charge >= 0.3 is 0 Å². The zero-order valence-electron chi connectivity index (χ0n) is 14.1. The number of nitrogens with zero attached hydrogens (tertiary/aromatic N) is 1. The summed E-state index contributed by atoms with van der Waals surface area (Å²) in [4.78, 5) is 6.29. The van der Waals surface area contributed by atoms with Gasteiger partial charge in [-0.2, -0.15) is 0 Å². The molecule has 4 heteroatoms. The zero-order valence-corrected chi connectivity index (χ0v) is 15.0. The van der Waals surface area contributed by atoms with Gasteiger partial charge in [0.05, 0.1) is 12.0 Å². The predicted molar refractivity (Wildman–Crippen MR) is 99.3 cm³/mol. The van der Waals surface area contributed by atoms with E-state index < -0.39 is 0 Å². The number of ether oxygens (including phenoxy) is 1. The molecule has 0 radical (unpaired) electrons. The maximum atomic E-state index is 5.89. The smallest absolute Gasteiger partial charge is 0.232 e. The Labute approximate surface area is 148 Å². The van der Waals surface area contributed by atoms with Crippen molar-refractivity contribution in [1.82, 2.24) is 0 Å². The summed E-state index contributed by atoms with van der Waals surface area (Å²) in [6.07, 6.45) is 0.982. The minimum atomic E-state index is -0.146. The van der Waals surface area contributed by atoms with Crippen LogP contribution in [0.25, 0.3) is 0 Å². The summed E-state index contributed by atoms with van der Waals surface area (Å²) in [5.74, 6) is 2.01. The lowest BCUT2D eigenvalue weighted by Crippen LogP contribution is -2.34. The first-order chi connectivity index (χ1) is 11.7. The van der Waals surface area contributed by atoms with E-state index in [1.807, 2.05) is 17.8 Å². The van der Waals surface area contributed by atoms with E-state index in [-0.39, 0.29) is 5.41 Å². The van der Waals surface area contributed by atoms with E-state index >= 15 is 0 Å². The van der Waals surface area contributed by atoms with Crippen molar-refractivity contribution < 1.29 is 9.57 Å². The molecule has 126 valence electrons. The molecule has 3 nitrogen and oxygen atoms in total. The Hall–Kier alpha value is -1.94. The quantitative estimate of drug-likeness (QED) is 0.567. The first-order valence-electron chi connectivity index (χ1n) is 8.18. The number of hydrogen-bond donors (Lipinski definition) is 0. The average molecular weight is 341 g/mol. The van der Waals surface area contributed by atoms with Gasteiger partial charge in [-0.3, -0.25) is 0 Å². The van der Waals surface area contributed by atoms with Gasteiger partial charge in [-0.15, -0.1) is 11.8 Å². The topological polar surface area (TPSA) is 30.8 Å². The van der Waals surface area contributed by atoms with E-state index in [9.17, 15) is 0 Å². The van der Waals surface area contributed by atoms with Crippen LogP contribution in [-0.4, -0.2) is 25.4 Å². The van der Waals surface area contributed by atoms with E-state index in [1.165, 1.54) is 10.5 Å². The second-order valence-corrected chi connectivity index (χ2v) is 7.34. The molecule has 2 aromatic rings. The van der Waals surface area contributed by atoms with Gasteiger partial charge in [0, 0.05) is 16.6 Å². The van der Waals surface area contributed by atoms with Crippen molar-refractivity contribution in [3.05, 3.63) is 66.2 Å². The molecule has 1 aliphatic rings. The fourth-order valence-electron chi connectivity index (χ4n) is 3.03. The zero-order chi connectivity index (χ0) is 16.8. The largest absolute Gasteiger partial charge is 0.478 e. The summed E-state index contributed by atoms with van der Waals surface area (Å²) in [6.45, 7) is 2.92. The summed E-state index contributed by atoms with van der Waals surface area (Å²) in [6, 6.07) is 21.1. The van der Waals surface area contributed by atoms with Gasteiger partial charge in [0.15, 0.2) is 0 Å². The van der Waals surface area contributed by atoms with Crippen LogP contribution in [-0.2, 0) is 16.0 Å². The van der Waals surface area contributed by atoms with Crippen LogP contribution in [0.4, 0.5) is 0 Å². The first-order valence-corrected chi connectivity index (χ1v) is 9.17. The number of benzene rings is 2. The van der Waals surface area contributed by atoms with Crippen LogP contribution in [0.5, 0.6) is 0 Å². The first kappa shape index (κ1) is 16.9. The van der Waals surface area contributed by atoms with Crippen molar-refractivity contribution in [2.75, 3.05) is 19.5 Å². The van der Waals surface area contributed by atoms with Crippen molar-refractivity contribution in [3.63, 3.8) is 0 Å². The molecule has 2 atom stereocenters. The molecule has 0 amide bonds. The molecule has 24 heavy (non-hydrogen) atoms. The average Bonchev–Trinajstić information content (AvgIpc) is 2.92. The standard InChI is InChI=1S/C20H23NO2S/c1-20(15-24-18-11-7-4-8-12-18)17(14-23-19(20)21-22-2)13-16-9-5-3-6-10-16/h3-12,17H,13-15H2,1-2H3/b21-19-/t17-,20-/m0/s1. The van der Waals surface area contributed by atoms with Crippen LogP contribution in [0.15, 0.2) is 70.7 Å². The molecule has 0 aromatic heterocycles. The SMILES string of the molecule is CO/N=C1\OC[C@H](Cc2ccccc2)[C@]1(C)CSc1ccccc1. The molecule has 3 rings (SSSR count). The summed E-state index contributed by atoms with van der Waals surface area (Å²) in [7, 11) is 1.58. The van der Waals surface area contributed by atoms with Crippen LogP contribution < -0.4 is 0 Å². The molecular formula is C20H23NO2S. The molecule has 1 aliphatic heterocycles. The van der Waals surface area contributed by atoms with Gasteiger partial charge in [0.2, 0.25) is 5.90 Å². The van der Waals surface area contributed by atoms with Gasteiger partial charge in [0.25, 0.3) is 0 Å². The number of oxime groups is 1.